The average Bonchev–Trinajstić information content (AvgIpc) is 2.70. The first-order valence-electron chi connectivity index (χ1n) is 7.63. The molecule has 0 aromatic carbocycles. The van der Waals surface area contributed by atoms with Gasteiger partial charge in [0.15, 0.2) is 0 Å². The van der Waals surface area contributed by atoms with Gasteiger partial charge in [-0.3, -0.25) is 4.98 Å². The lowest BCUT2D eigenvalue weighted by molar-refractivity contribution is 0.551. The summed E-state index contributed by atoms with van der Waals surface area (Å²) in [5.41, 5.74) is 1.02. The van der Waals surface area contributed by atoms with Gasteiger partial charge in [-0.15, -0.1) is 0 Å². The van der Waals surface area contributed by atoms with Crippen LogP contribution < -0.4 is 10.2 Å². The molecule has 2 rings (SSSR count). The number of anilines is 1. The van der Waals surface area contributed by atoms with Crippen molar-refractivity contribution < 1.29 is 0 Å². The Balaban J connectivity index is 2.06. The fourth-order valence-corrected chi connectivity index (χ4v) is 2.74. The van der Waals surface area contributed by atoms with Crippen molar-refractivity contribution in [3.63, 3.8) is 0 Å². The molecule has 0 saturated carbocycles. The Labute approximate surface area is 116 Å². The van der Waals surface area contributed by atoms with Crippen LogP contribution in [0.15, 0.2) is 12.4 Å². The summed E-state index contributed by atoms with van der Waals surface area (Å²) >= 11 is 0. The third-order valence-electron chi connectivity index (χ3n) is 3.89. The lowest BCUT2D eigenvalue weighted by atomic mass is 10.1. The maximum Gasteiger partial charge on any atom is 0.147 e. The third kappa shape index (κ3) is 3.90. The van der Waals surface area contributed by atoms with E-state index in [1.54, 1.807) is 0 Å². The van der Waals surface area contributed by atoms with E-state index in [1.807, 2.05) is 12.4 Å². The van der Waals surface area contributed by atoms with Gasteiger partial charge in [-0.25, -0.2) is 4.98 Å². The molecule has 2 heterocycles. The van der Waals surface area contributed by atoms with Crippen LogP contribution in [0, 0.1) is 0 Å². The van der Waals surface area contributed by atoms with Gasteiger partial charge in [0.25, 0.3) is 0 Å². The van der Waals surface area contributed by atoms with E-state index in [0.717, 1.165) is 31.1 Å². The Morgan fingerprint density at radius 1 is 1.21 bits per heavy atom. The molecule has 1 unspecified atom stereocenters. The number of hydrogen-bond donors (Lipinski definition) is 1. The molecule has 0 spiro atoms. The molecule has 1 atom stereocenters. The first-order chi connectivity index (χ1) is 9.35. The van der Waals surface area contributed by atoms with Gasteiger partial charge in [0.05, 0.1) is 18.1 Å². The number of aromatic nitrogens is 2. The summed E-state index contributed by atoms with van der Waals surface area (Å²) in [6.07, 6.45) is 10.3. The van der Waals surface area contributed by atoms with Crippen LogP contribution >= 0.6 is 0 Å². The van der Waals surface area contributed by atoms with Crippen LogP contribution in [-0.4, -0.2) is 29.1 Å². The summed E-state index contributed by atoms with van der Waals surface area (Å²) in [6, 6.07) is 0.636. The zero-order chi connectivity index (χ0) is 13.5. The highest BCUT2D eigenvalue weighted by molar-refractivity contribution is 5.37. The van der Waals surface area contributed by atoms with Crippen LogP contribution in [-0.2, 0) is 6.54 Å². The Hall–Kier alpha value is -1.16. The van der Waals surface area contributed by atoms with E-state index in [9.17, 15) is 0 Å². The summed E-state index contributed by atoms with van der Waals surface area (Å²) in [5.74, 6) is 1.05. The van der Waals surface area contributed by atoms with E-state index in [0.29, 0.717) is 6.04 Å². The number of nitrogens with zero attached hydrogens (tertiary/aromatic N) is 3. The topological polar surface area (TPSA) is 41.1 Å². The van der Waals surface area contributed by atoms with Crippen LogP contribution in [0.2, 0.25) is 0 Å². The fourth-order valence-electron chi connectivity index (χ4n) is 2.74. The predicted octanol–water partition coefficient (Wildman–Crippen LogP) is 2.75. The quantitative estimate of drug-likeness (QED) is 0.886. The predicted molar refractivity (Wildman–Crippen MR) is 79.3 cm³/mol. The SMILES string of the molecule is CCNCc1cnc(N2CCCCCC2CC)cn1. The first-order valence-corrected chi connectivity index (χ1v) is 7.63. The Morgan fingerprint density at radius 2 is 2.11 bits per heavy atom. The summed E-state index contributed by atoms with van der Waals surface area (Å²) < 4.78 is 0. The molecule has 0 bridgehead atoms. The highest BCUT2D eigenvalue weighted by Gasteiger charge is 2.20. The number of rotatable bonds is 5. The van der Waals surface area contributed by atoms with Gasteiger partial charge >= 0.3 is 0 Å². The maximum absolute atomic E-state index is 4.62. The van der Waals surface area contributed by atoms with Gasteiger partial charge in [-0.2, -0.15) is 0 Å². The van der Waals surface area contributed by atoms with Crippen molar-refractivity contribution >= 4 is 5.82 Å². The van der Waals surface area contributed by atoms with Gasteiger partial charge < -0.3 is 10.2 Å². The number of nitrogens with one attached hydrogen (secondary N) is 1. The highest BCUT2D eigenvalue weighted by atomic mass is 15.2. The van der Waals surface area contributed by atoms with Crippen LogP contribution in [0.25, 0.3) is 0 Å². The maximum atomic E-state index is 4.62. The molecule has 1 aromatic rings. The Morgan fingerprint density at radius 3 is 2.79 bits per heavy atom. The lowest BCUT2D eigenvalue weighted by Crippen LogP contribution is -2.35. The fraction of sp³-hybridized carbons (Fsp3) is 0.733. The van der Waals surface area contributed by atoms with E-state index < -0.39 is 0 Å². The van der Waals surface area contributed by atoms with E-state index in [4.69, 9.17) is 0 Å². The smallest absolute Gasteiger partial charge is 0.147 e. The van der Waals surface area contributed by atoms with E-state index >= 15 is 0 Å². The van der Waals surface area contributed by atoms with Crippen LogP contribution in [0.3, 0.4) is 0 Å². The van der Waals surface area contributed by atoms with Gasteiger partial charge in [0.2, 0.25) is 0 Å². The van der Waals surface area contributed by atoms with Crippen molar-refractivity contribution in [2.24, 2.45) is 0 Å². The van der Waals surface area contributed by atoms with Crippen molar-refractivity contribution in [2.45, 2.75) is 58.5 Å². The van der Waals surface area contributed by atoms with Gasteiger partial charge in [-0.1, -0.05) is 26.7 Å². The minimum atomic E-state index is 0.636. The van der Waals surface area contributed by atoms with Crippen molar-refractivity contribution in [3.8, 4) is 0 Å². The molecular weight excluding hydrogens is 236 g/mol. The molecule has 4 nitrogen and oxygen atoms in total. The highest BCUT2D eigenvalue weighted by Crippen LogP contribution is 2.23. The Kier molecular flexibility index (Phi) is 5.58. The molecule has 1 N–H and O–H groups in total. The molecule has 0 amide bonds. The summed E-state index contributed by atoms with van der Waals surface area (Å²) in [5, 5.41) is 3.28. The summed E-state index contributed by atoms with van der Waals surface area (Å²) in [7, 11) is 0. The lowest BCUT2D eigenvalue weighted by Gasteiger charge is -2.30. The second kappa shape index (κ2) is 7.43. The molecule has 1 aliphatic heterocycles. The average molecular weight is 262 g/mol. The largest absolute Gasteiger partial charge is 0.352 e. The standard InChI is InChI=1S/C15H26N4/c1-3-14-8-6-5-7-9-19(14)15-12-17-13(11-18-15)10-16-4-2/h11-12,14,16H,3-10H2,1-2H3. The minimum absolute atomic E-state index is 0.636. The zero-order valence-electron chi connectivity index (χ0n) is 12.2. The molecule has 1 aromatic heterocycles. The molecule has 0 radical (unpaired) electrons. The van der Waals surface area contributed by atoms with E-state index in [1.165, 1.54) is 32.1 Å². The molecule has 4 heteroatoms. The summed E-state index contributed by atoms with van der Waals surface area (Å²) in [4.78, 5) is 11.6. The van der Waals surface area contributed by atoms with Crippen molar-refractivity contribution in [1.82, 2.24) is 15.3 Å². The van der Waals surface area contributed by atoms with Gasteiger partial charge in [-0.05, 0) is 25.8 Å². The zero-order valence-corrected chi connectivity index (χ0v) is 12.2. The van der Waals surface area contributed by atoms with Gasteiger partial charge in [0, 0.05) is 19.1 Å². The number of hydrogen-bond acceptors (Lipinski definition) is 4. The molecule has 1 saturated heterocycles. The van der Waals surface area contributed by atoms with Crippen molar-refractivity contribution in [1.29, 1.82) is 0 Å². The Bertz CT molecular complexity index is 363. The second-order valence-corrected chi connectivity index (χ2v) is 5.25. The molecule has 1 fully saturated rings. The van der Waals surface area contributed by atoms with Crippen LogP contribution in [0.5, 0.6) is 0 Å². The van der Waals surface area contributed by atoms with E-state index in [-0.39, 0.29) is 0 Å². The van der Waals surface area contributed by atoms with Crippen LogP contribution in [0.1, 0.15) is 51.6 Å². The molecule has 1 aliphatic rings. The molecule has 106 valence electrons. The summed E-state index contributed by atoms with van der Waals surface area (Å²) in [6.45, 7) is 7.27. The van der Waals surface area contributed by atoms with Crippen LogP contribution in [0.4, 0.5) is 5.82 Å². The molecule has 0 aliphatic carbocycles. The normalized spacial score (nSPS) is 20.3. The van der Waals surface area contributed by atoms with Gasteiger partial charge in [0.1, 0.15) is 5.82 Å². The second-order valence-electron chi connectivity index (χ2n) is 5.25. The first kappa shape index (κ1) is 14.3. The van der Waals surface area contributed by atoms with Crippen molar-refractivity contribution in [3.05, 3.63) is 18.1 Å². The minimum Gasteiger partial charge on any atom is -0.352 e. The molecular formula is C15H26N4. The third-order valence-corrected chi connectivity index (χ3v) is 3.89. The van der Waals surface area contributed by atoms with E-state index in [2.05, 4.69) is 34.0 Å². The monoisotopic (exact) mass is 262 g/mol. The van der Waals surface area contributed by atoms with Crippen molar-refractivity contribution in [2.75, 3.05) is 18.0 Å². The molecule has 19 heavy (non-hydrogen) atoms.